The predicted octanol–water partition coefficient (Wildman–Crippen LogP) is 3.69. The number of aromatic nitrogens is 3. The van der Waals surface area contributed by atoms with Gasteiger partial charge >= 0.3 is 0 Å². The van der Waals surface area contributed by atoms with E-state index in [4.69, 9.17) is 4.42 Å². The molecule has 1 fully saturated rings. The number of carbonyl (C=O) groups excluding carboxylic acids is 5. The zero-order valence-electron chi connectivity index (χ0n) is 30.3. The van der Waals surface area contributed by atoms with E-state index < -0.39 is 40.8 Å². The summed E-state index contributed by atoms with van der Waals surface area (Å²) in [6.45, 7) is 17.1. The van der Waals surface area contributed by atoms with Crippen molar-refractivity contribution >= 4 is 29.4 Å². The largest absolute Gasteiger partial charge is 0.506 e. The third kappa shape index (κ3) is 10.8. The molecule has 0 spiro atoms. The highest BCUT2D eigenvalue weighted by molar-refractivity contribution is 6.00. The number of likely N-dealkylation sites (tertiary alicyclic amines) is 1. The molecule has 4 N–H and O–H groups in total. The van der Waals surface area contributed by atoms with Crippen LogP contribution in [-0.2, 0) is 19.8 Å². The molecule has 3 heterocycles. The van der Waals surface area contributed by atoms with Gasteiger partial charge in [0, 0.05) is 23.9 Å². The van der Waals surface area contributed by atoms with Gasteiger partial charge in [0.1, 0.15) is 23.5 Å². The molecular formula is C35H53N7O7. The number of unbranched alkanes of at least 4 members (excludes halogenated alkanes) is 1. The molecule has 2 aromatic rings. The third-order valence-electron chi connectivity index (χ3n) is 8.50. The Morgan fingerprint density at radius 1 is 0.959 bits per heavy atom. The van der Waals surface area contributed by atoms with Gasteiger partial charge in [0.15, 0.2) is 0 Å². The Hall–Kier alpha value is -4.36. The van der Waals surface area contributed by atoms with Crippen LogP contribution in [0.2, 0.25) is 0 Å². The Morgan fingerprint density at radius 3 is 2.20 bits per heavy atom. The van der Waals surface area contributed by atoms with Crippen molar-refractivity contribution in [3.05, 3.63) is 35.8 Å². The highest BCUT2D eigenvalue weighted by Crippen LogP contribution is 2.24. The number of hydrogen-bond acceptors (Lipinski definition) is 10. The Balaban J connectivity index is 1.55. The Kier molecular flexibility index (Phi) is 13.0. The van der Waals surface area contributed by atoms with E-state index >= 15 is 0 Å². The van der Waals surface area contributed by atoms with Crippen molar-refractivity contribution < 1.29 is 33.5 Å². The van der Waals surface area contributed by atoms with Crippen molar-refractivity contribution in [1.29, 1.82) is 0 Å². The number of pyridine rings is 1. The smallest absolute Gasteiger partial charge is 0.286 e. The molecule has 1 saturated heterocycles. The number of aromatic hydroxyl groups is 1. The molecule has 1 aliphatic rings. The molecule has 0 saturated carbocycles. The molecular weight excluding hydrogens is 630 g/mol. The molecule has 4 amide bonds. The SMILES string of the molecule is CC(C)[C@H](NC(=O)[C@@H]1CCCN1C(=O)[C@@H](NC(=O)CCCCC(C)(C)NC(=O)c1ccc(O)cn1)C(C)C)C(=O)c1nnc(C(C)(C)C)o1. The summed E-state index contributed by atoms with van der Waals surface area (Å²) in [5, 5.41) is 26.0. The number of rotatable bonds is 15. The Bertz CT molecular complexity index is 1480. The molecule has 0 radical (unpaired) electrons. The third-order valence-corrected chi connectivity index (χ3v) is 8.50. The zero-order chi connectivity index (χ0) is 36.7. The van der Waals surface area contributed by atoms with Gasteiger partial charge in [-0.2, -0.15) is 0 Å². The standard InChI is InChI=1S/C35H53N7O7/c1-20(2)26(28(45)31-40-41-33(49-31)34(5,6)7)38-30(47)24-13-12-18-42(24)32(48)27(21(3)4)37-25(44)14-10-11-17-35(8,9)39-29(46)23-16-15-22(43)19-36-23/h15-16,19-21,24,26-27,43H,10-14,17-18H2,1-9H3,(H,37,44)(H,38,47)(H,39,46)/t24-,26-,27-/m0/s1. The van der Waals surface area contributed by atoms with Crippen molar-refractivity contribution in [1.82, 2.24) is 36.0 Å². The van der Waals surface area contributed by atoms with E-state index in [1.807, 2.05) is 48.5 Å². The number of amides is 4. The van der Waals surface area contributed by atoms with Crippen molar-refractivity contribution in [2.45, 2.75) is 130 Å². The number of nitrogens with zero attached hydrogens (tertiary/aromatic N) is 4. The average molecular weight is 684 g/mol. The first-order chi connectivity index (χ1) is 22.8. The van der Waals surface area contributed by atoms with Crippen LogP contribution in [0.4, 0.5) is 0 Å². The first kappa shape index (κ1) is 39.1. The zero-order valence-corrected chi connectivity index (χ0v) is 30.3. The average Bonchev–Trinajstić information content (AvgIpc) is 3.71. The topological polar surface area (TPSA) is 197 Å². The van der Waals surface area contributed by atoms with Gasteiger partial charge in [-0.05, 0) is 63.5 Å². The fourth-order valence-corrected chi connectivity index (χ4v) is 5.59. The lowest BCUT2D eigenvalue weighted by Gasteiger charge is -2.31. The first-order valence-corrected chi connectivity index (χ1v) is 17.1. The lowest BCUT2D eigenvalue weighted by Crippen LogP contribution is -2.57. The van der Waals surface area contributed by atoms with Gasteiger partial charge in [0.2, 0.25) is 29.4 Å². The summed E-state index contributed by atoms with van der Waals surface area (Å²) in [5.41, 5.74) is -0.812. The summed E-state index contributed by atoms with van der Waals surface area (Å²) in [6.07, 6.45) is 4.23. The van der Waals surface area contributed by atoms with Crippen LogP contribution in [0.5, 0.6) is 5.75 Å². The molecule has 49 heavy (non-hydrogen) atoms. The van der Waals surface area contributed by atoms with Crippen LogP contribution in [-0.4, -0.2) is 84.8 Å². The highest BCUT2D eigenvalue weighted by atomic mass is 16.4. The minimum Gasteiger partial charge on any atom is -0.506 e. The number of ketones is 1. The Morgan fingerprint density at radius 2 is 1.63 bits per heavy atom. The van der Waals surface area contributed by atoms with Crippen LogP contribution in [0.1, 0.15) is 128 Å². The molecule has 2 aromatic heterocycles. The maximum Gasteiger partial charge on any atom is 0.286 e. The fourth-order valence-electron chi connectivity index (χ4n) is 5.59. The monoisotopic (exact) mass is 683 g/mol. The van der Waals surface area contributed by atoms with E-state index in [-0.39, 0.29) is 53.3 Å². The molecule has 14 heteroatoms. The van der Waals surface area contributed by atoms with E-state index in [9.17, 15) is 29.1 Å². The number of Topliss-reactive ketones (excluding diaryl/α,β-unsaturated/α-hetero) is 1. The van der Waals surface area contributed by atoms with Crippen molar-refractivity contribution in [2.75, 3.05) is 6.54 Å². The summed E-state index contributed by atoms with van der Waals surface area (Å²) < 4.78 is 5.64. The van der Waals surface area contributed by atoms with Crippen molar-refractivity contribution in [2.24, 2.45) is 11.8 Å². The number of hydrogen-bond donors (Lipinski definition) is 4. The lowest BCUT2D eigenvalue weighted by molar-refractivity contribution is -0.142. The summed E-state index contributed by atoms with van der Waals surface area (Å²) in [6, 6.07) is 0.292. The van der Waals surface area contributed by atoms with Crippen LogP contribution in [0.15, 0.2) is 22.7 Å². The van der Waals surface area contributed by atoms with Crippen LogP contribution >= 0.6 is 0 Å². The lowest BCUT2D eigenvalue weighted by atomic mass is 9.96. The second-order valence-electron chi connectivity index (χ2n) is 15.2. The minimum atomic E-state index is -0.929. The molecule has 14 nitrogen and oxygen atoms in total. The second kappa shape index (κ2) is 16.4. The van der Waals surface area contributed by atoms with E-state index in [0.717, 1.165) is 0 Å². The van der Waals surface area contributed by atoms with Gasteiger partial charge in [-0.15, -0.1) is 10.2 Å². The minimum absolute atomic E-state index is 0.0263. The van der Waals surface area contributed by atoms with Crippen LogP contribution in [0.25, 0.3) is 0 Å². The summed E-state index contributed by atoms with van der Waals surface area (Å²) >= 11 is 0. The molecule has 0 aliphatic carbocycles. The van der Waals surface area contributed by atoms with Gasteiger partial charge in [0.05, 0.1) is 12.2 Å². The molecule has 1 aliphatic heterocycles. The van der Waals surface area contributed by atoms with Gasteiger partial charge in [-0.3, -0.25) is 24.0 Å². The fraction of sp³-hybridized carbons (Fsp3) is 0.657. The van der Waals surface area contributed by atoms with Crippen LogP contribution < -0.4 is 16.0 Å². The molecule has 3 atom stereocenters. The molecule has 270 valence electrons. The van der Waals surface area contributed by atoms with Crippen molar-refractivity contribution in [3.8, 4) is 5.75 Å². The van der Waals surface area contributed by atoms with Gasteiger partial charge in [-0.25, -0.2) is 4.98 Å². The van der Waals surface area contributed by atoms with E-state index in [2.05, 4.69) is 31.1 Å². The summed E-state index contributed by atoms with van der Waals surface area (Å²) in [7, 11) is 0. The molecule has 0 unspecified atom stereocenters. The van der Waals surface area contributed by atoms with E-state index in [1.165, 1.54) is 23.2 Å². The second-order valence-corrected chi connectivity index (χ2v) is 15.2. The molecule has 0 aromatic carbocycles. The van der Waals surface area contributed by atoms with Crippen molar-refractivity contribution in [3.63, 3.8) is 0 Å². The van der Waals surface area contributed by atoms with E-state index in [0.29, 0.717) is 44.5 Å². The maximum atomic E-state index is 13.8. The highest BCUT2D eigenvalue weighted by Gasteiger charge is 2.41. The maximum absolute atomic E-state index is 13.8. The quantitative estimate of drug-likeness (QED) is 0.159. The normalized spacial score (nSPS) is 16.4. The molecule has 0 bridgehead atoms. The first-order valence-electron chi connectivity index (χ1n) is 17.1. The van der Waals surface area contributed by atoms with E-state index in [1.54, 1.807) is 13.8 Å². The molecule has 3 rings (SSSR count). The van der Waals surface area contributed by atoms with Crippen LogP contribution in [0.3, 0.4) is 0 Å². The Labute approximate surface area is 288 Å². The number of nitrogens with one attached hydrogen (secondary N) is 3. The van der Waals surface area contributed by atoms with Gasteiger partial charge in [-0.1, -0.05) is 54.9 Å². The van der Waals surface area contributed by atoms with Gasteiger partial charge < -0.3 is 30.4 Å². The number of carbonyl (C=O) groups is 5. The van der Waals surface area contributed by atoms with Gasteiger partial charge in [0.25, 0.3) is 11.8 Å². The predicted molar refractivity (Wildman–Crippen MR) is 182 cm³/mol. The summed E-state index contributed by atoms with van der Waals surface area (Å²) in [5.74, 6) is -2.32. The van der Waals surface area contributed by atoms with Crippen LogP contribution in [0, 0.1) is 11.8 Å². The summed E-state index contributed by atoms with van der Waals surface area (Å²) in [4.78, 5) is 71.6.